The number of likely N-dealkylation sites (tertiary alicyclic amines) is 1. The van der Waals surface area contributed by atoms with E-state index in [1.807, 2.05) is 68.4 Å². The lowest BCUT2D eigenvalue weighted by Crippen LogP contribution is -2.66. The standard InChI is InChI=1S/C60H74F2N9O13PS2/c1-34(36-14-16-38(17-15-36)50-35(2)64-33-86-50)65-53(76)42-28-41(72)30-71(42)57(80)51(58(3,4)5)66-47(73)20-21-63-48(74)29-49(75)68-22-23-70(43(31-68)55(78)69-24-25-84-44(32-69)37-12-10-9-11-13-37)56(79)52(59(6,7)8)67-54(77)46-27-39-26-40(18-19-45(39)87-46)60(61,62)85(81,82)83/h9-19,26-27,33-34,41-44,51-52,72H,20-25,28-32H2,1-8H3,(H,63,74)(H,65,76)(H,66,73)(H,67,77)(H2,81,82,83)/t34?,41-,42+,43+,44+,51?,52?/m1/s1. The molecule has 0 spiro atoms. The molecule has 0 aliphatic carbocycles. The molecule has 3 aliphatic rings. The first-order valence-electron chi connectivity index (χ1n) is 28.5. The number of morpholine rings is 1. The molecule has 3 aromatic carbocycles. The van der Waals surface area contributed by atoms with Gasteiger partial charge in [0.1, 0.15) is 36.7 Å². The number of aliphatic hydroxyl groups is 1. The number of halogens is 2. The molecule has 3 unspecified atom stereocenters. The summed E-state index contributed by atoms with van der Waals surface area (Å²) < 4.78 is 47.3. The number of aromatic nitrogens is 1. The lowest BCUT2D eigenvalue weighted by atomic mass is 9.85. The van der Waals surface area contributed by atoms with Crippen molar-refractivity contribution in [1.29, 1.82) is 0 Å². The zero-order valence-electron chi connectivity index (χ0n) is 49.6. The lowest BCUT2D eigenvalue weighted by molar-refractivity contribution is -0.158. The van der Waals surface area contributed by atoms with Gasteiger partial charge >= 0.3 is 13.3 Å². The van der Waals surface area contributed by atoms with Crippen LogP contribution < -0.4 is 21.3 Å². The molecule has 8 rings (SSSR count). The van der Waals surface area contributed by atoms with Crippen molar-refractivity contribution in [2.75, 3.05) is 52.4 Å². The van der Waals surface area contributed by atoms with Crippen LogP contribution in [-0.4, -0.2) is 169 Å². The molecule has 2 aromatic heterocycles. The van der Waals surface area contributed by atoms with E-state index in [4.69, 9.17) is 4.74 Å². The first-order chi connectivity index (χ1) is 40.8. The number of nitrogens with zero attached hydrogens (tertiary/aromatic N) is 5. The van der Waals surface area contributed by atoms with Crippen molar-refractivity contribution in [3.8, 4) is 10.4 Å². The van der Waals surface area contributed by atoms with Gasteiger partial charge in [-0.15, -0.1) is 22.7 Å². The molecule has 8 amide bonds. The molecule has 5 heterocycles. The number of rotatable bonds is 18. The minimum Gasteiger partial charge on any atom is -0.391 e. The Kier molecular flexibility index (Phi) is 20.2. The van der Waals surface area contributed by atoms with Gasteiger partial charge in [0, 0.05) is 55.8 Å². The number of thiophene rings is 1. The van der Waals surface area contributed by atoms with Crippen molar-refractivity contribution in [2.24, 2.45) is 10.8 Å². The predicted octanol–water partition coefficient (Wildman–Crippen LogP) is 5.61. The summed E-state index contributed by atoms with van der Waals surface area (Å²) in [5.41, 5.74) is -2.01. The van der Waals surface area contributed by atoms with Gasteiger partial charge in [-0.3, -0.25) is 42.9 Å². The van der Waals surface area contributed by atoms with E-state index in [1.165, 1.54) is 38.2 Å². The van der Waals surface area contributed by atoms with E-state index in [0.717, 1.165) is 50.7 Å². The van der Waals surface area contributed by atoms with E-state index in [9.17, 15) is 66.6 Å². The van der Waals surface area contributed by atoms with Gasteiger partial charge in [-0.25, -0.2) is 4.98 Å². The Morgan fingerprint density at radius 1 is 0.782 bits per heavy atom. The molecule has 7 atom stereocenters. The fraction of sp³-hybridized carbons (Fsp3) is 0.483. The van der Waals surface area contributed by atoms with Crippen molar-refractivity contribution in [2.45, 2.75) is 123 Å². The highest BCUT2D eigenvalue weighted by Gasteiger charge is 2.51. The summed E-state index contributed by atoms with van der Waals surface area (Å²) in [6.07, 6.45) is -2.53. The predicted molar refractivity (Wildman–Crippen MR) is 321 cm³/mol. The van der Waals surface area contributed by atoms with Crippen molar-refractivity contribution >= 4 is 87.6 Å². The SMILES string of the molecule is Cc1ncsc1-c1ccc(C(C)NC(=O)[C@@H]2C[C@@H](O)CN2C(=O)C(NC(=O)CCNC(=O)CC(=O)N2CCN(C(=O)C(NC(=O)c3cc4cc(C(F)(F)P(=O)(O)O)ccc4s3)C(C)(C)C)[C@H](C(=O)N3CCO[C@H](c4ccccc4)C3)C2)C(C)(C)C)cc1. The van der Waals surface area contributed by atoms with Crippen molar-refractivity contribution in [3.05, 3.63) is 112 Å². The smallest absolute Gasteiger partial charge is 0.391 e. The van der Waals surface area contributed by atoms with Gasteiger partial charge in [0.15, 0.2) is 0 Å². The Morgan fingerprint density at radius 3 is 2.09 bits per heavy atom. The average molecular weight is 1260 g/mol. The topological polar surface area (TPSA) is 298 Å². The maximum atomic E-state index is 15.0. The van der Waals surface area contributed by atoms with E-state index >= 15 is 0 Å². The Labute approximate surface area is 510 Å². The maximum absolute atomic E-state index is 15.0. The second-order valence-electron chi connectivity index (χ2n) is 24.3. The van der Waals surface area contributed by atoms with Crippen LogP contribution in [0.1, 0.15) is 112 Å². The number of aryl methyl sites for hydroxylation is 1. The van der Waals surface area contributed by atoms with Crippen LogP contribution in [0.3, 0.4) is 0 Å². The highest BCUT2D eigenvalue weighted by molar-refractivity contribution is 7.52. The molecule has 22 nitrogen and oxygen atoms in total. The third-order valence-corrected chi connectivity index (χ3v) is 18.8. The molecule has 7 N–H and O–H groups in total. The molecule has 0 radical (unpaired) electrons. The van der Waals surface area contributed by atoms with Gasteiger partial charge < -0.3 is 60.5 Å². The molecule has 0 saturated carbocycles. The number of hydrogen-bond acceptors (Lipinski definition) is 14. The van der Waals surface area contributed by atoms with Gasteiger partial charge in [-0.1, -0.05) is 102 Å². The van der Waals surface area contributed by atoms with Crippen molar-refractivity contribution < 1.29 is 71.3 Å². The number of hydrogen-bond donors (Lipinski definition) is 7. The van der Waals surface area contributed by atoms with Gasteiger partial charge in [0.05, 0.1) is 52.8 Å². The van der Waals surface area contributed by atoms with E-state index in [0.29, 0.717) is 4.70 Å². The maximum Gasteiger partial charge on any atom is 0.399 e. The Morgan fingerprint density at radius 2 is 1.45 bits per heavy atom. The van der Waals surface area contributed by atoms with Crippen LogP contribution in [0, 0.1) is 17.8 Å². The minimum absolute atomic E-state index is 0.00229. The number of amides is 8. The lowest BCUT2D eigenvalue weighted by Gasteiger charge is -2.45. The number of carbonyl (C=O) groups excluding carboxylic acids is 8. The number of benzene rings is 3. The third kappa shape index (κ3) is 15.4. The first-order valence-corrected chi connectivity index (χ1v) is 31.8. The summed E-state index contributed by atoms with van der Waals surface area (Å²) in [7, 11) is -5.89. The quantitative estimate of drug-likeness (QED) is 0.0415. The van der Waals surface area contributed by atoms with Crippen LogP contribution in [-0.2, 0) is 48.5 Å². The second-order valence-corrected chi connectivity index (χ2v) is 27.9. The van der Waals surface area contributed by atoms with E-state index in [2.05, 4.69) is 26.3 Å². The van der Waals surface area contributed by atoms with Crippen LogP contribution in [0.2, 0.25) is 0 Å². The number of piperazine rings is 1. The molecule has 0 bridgehead atoms. The second kappa shape index (κ2) is 26.7. The summed E-state index contributed by atoms with van der Waals surface area (Å²) in [5, 5.41) is 22.0. The molecular weight excluding hydrogens is 1190 g/mol. The van der Waals surface area contributed by atoms with Gasteiger partial charge in [-0.05, 0) is 65.0 Å². The number of β-amino-alcohol motifs (C(OH)–C–C–N with tert-alkyl or cyclic N) is 1. The largest absolute Gasteiger partial charge is 0.399 e. The fourth-order valence-electron chi connectivity index (χ4n) is 10.8. The van der Waals surface area contributed by atoms with Crippen LogP contribution >= 0.6 is 30.3 Å². The number of aliphatic hydroxyl groups excluding tert-OH is 1. The Hall–Kier alpha value is -7.06. The molecular formula is C60H74F2N9O13PS2. The first kappa shape index (κ1) is 65.9. The van der Waals surface area contributed by atoms with Crippen molar-refractivity contribution in [3.63, 3.8) is 0 Å². The average Bonchev–Trinajstić information content (AvgIpc) is 3.07. The van der Waals surface area contributed by atoms with Crippen LogP contribution in [0.4, 0.5) is 8.78 Å². The van der Waals surface area contributed by atoms with E-state index < -0.39 is 126 Å². The van der Waals surface area contributed by atoms with Crippen molar-refractivity contribution in [1.82, 2.24) is 45.9 Å². The monoisotopic (exact) mass is 1260 g/mol. The van der Waals surface area contributed by atoms with E-state index in [-0.39, 0.29) is 75.5 Å². The van der Waals surface area contributed by atoms with Crippen LogP contribution in [0.15, 0.2) is 84.4 Å². The Balaban J connectivity index is 0.898. The summed E-state index contributed by atoms with van der Waals surface area (Å²) in [6, 6.07) is 15.9. The highest BCUT2D eigenvalue weighted by Crippen LogP contribution is 2.59. The number of carbonyl (C=O) groups is 8. The zero-order valence-corrected chi connectivity index (χ0v) is 52.1. The molecule has 5 aromatic rings. The molecule has 3 fully saturated rings. The minimum atomic E-state index is -5.89. The highest BCUT2D eigenvalue weighted by atomic mass is 32.1. The van der Waals surface area contributed by atoms with Gasteiger partial charge in [0.25, 0.3) is 5.91 Å². The molecule has 3 saturated heterocycles. The number of ether oxygens (including phenoxy) is 1. The number of alkyl halides is 2. The van der Waals surface area contributed by atoms with Gasteiger partial charge in [0.2, 0.25) is 41.4 Å². The summed E-state index contributed by atoms with van der Waals surface area (Å²) in [4.78, 5) is 142. The summed E-state index contributed by atoms with van der Waals surface area (Å²) in [6.45, 7) is 13.4. The Bertz CT molecular complexity index is 3440. The molecule has 468 valence electrons. The van der Waals surface area contributed by atoms with Gasteiger partial charge in [-0.2, -0.15) is 8.78 Å². The number of fused-ring (bicyclic) bond motifs is 1. The molecule has 3 aliphatic heterocycles. The van der Waals surface area contributed by atoms with E-state index in [1.54, 1.807) is 52.0 Å². The van der Waals surface area contributed by atoms with Crippen LogP contribution in [0.5, 0.6) is 0 Å². The summed E-state index contributed by atoms with van der Waals surface area (Å²) >= 11 is 2.43. The zero-order chi connectivity index (χ0) is 63.5. The number of thiazole rings is 1. The normalized spacial score (nSPS) is 19.7. The summed E-state index contributed by atoms with van der Waals surface area (Å²) in [5.74, 6) is -5.05. The number of nitrogens with one attached hydrogen (secondary N) is 4. The molecule has 87 heavy (non-hydrogen) atoms. The third-order valence-electron chi connectivity index (χ3n) is 15.7. The fourth-order valence-corrected chi connectivity index (χ4v) is 13.1. The van der Waals surface area contributed by atoms with Crippen LogP contribution in [0.25, 0.3) is 20.5 Å². The molecule has 27 heteroatoms.